The number of hydrogen-bond donors (Lipinski definition) is 2. The van der Waals surface area contributed by atoms with Crippen LogP contribution in [-0.4, -0.2) is 37.8 Å². The highest BCUT2D eigenvalue weighted by Crippen LogP contribution is 2.33. The van der Waals surface area contributed by atoms with Gasteiger partial charge < -0.3 is 10.6 Å². The van der Waals surface area contributed by atoms with Crippen LogP contribution in [0.2, 0.25) is 5.02 Å². The van der Waals surface area contributed by atoms with Gasteiger partial charge in [0.25, 0.3) is 0 Å². The summed E-state index contributed by atoms with van der Waals surface area (Å²) in [4.78, 5) is 28.5. The number of halogens is 2. The first-order chi connectivity index (χ1) is 15.7. The minimum absolute atomic E-state index is 0.00391. The van der Waals surface area contributed by atoms with Crippen molar-refractivity contribution >= 4 is 40.3 Å². The van der Waals surface area contributed by atoms with Crippen molar-refractivity contribution in [1.29, 1.82) is 0 Å². The van der Waals surface area contributed by atoms with Crippen molar-refractivity contribution in [3.8, 4) is 11.1 Å². The van der Waals surface area contributed by atoms with Gasteiger partial charge in [0.05, 0.1) is 10.5 Å². The molecule has 33 heavy (non-hydrogen) atoms. The summed E-state index contributed by atoms with van der Waals surface area (Å²) in [5.41, 5.74) is 1.83. The first-order valence-electron chi connectivity index (χ1n) is 11.0. The van der Waals surface area contributed by atoms with E-state index in [-0.39, 0.29) is 35.3 Å². The number of pyridine rings is 1. The monoisotopic (exact) mass is 472 g/mol. The van der Waals surface area contributed by atoms with Gasteiger partial charge in [-0.2, -0.15) is 0 Å². The van der Waals surface area contributed by atoms with Gasteiger partial charge in [-0.1, -0.05) is 23.2 Å². The maximum Gasteiger partial charge on any atom is 0.228 e. The Kier molecular flexibility index (Phi) is 6.60. The maximum atomic E-state index is 14.7. The number of anilines is 1. The van der Waals surface area contributed by atoms with Crippen molar-refractivity contribution in [1.82, 2.24) is 25.3 Å². The van der Waals surface area contributed by atoms with Gasteiger partial charge in [-0.3, -0.25) is 9.59 Å². The molecule has 2 N–H and O–H groups in total. The first-order valence-corrected chi connectivity index (χ1v) is 11.4. The van der Waals surface area contributed by atoms with Crippen molar-refractivity contribution in [3.63, 3.8) is 0 Å². The lowest BCUT2D eigenvalue weighted by Crippen LogP contribution is -2.40. The molecule has 0 bridgehead atoms. The van der Waals surface area contributed by atoms with E-state index < -0.39 is 5.82 Å². The lowest BCUT2D eigenvalue weighted by molar-refractivity contribution is -0.123. The highest BCUT2D eigenvalue weighted by atomic mass is 35.5. The maximum absolute atomic E-state index is 14.7. The highest BCUT2D eigenvalue weighted by Gasteiger charge is 2.28. The predicted molar refractivity (Wildman–Crippen MR) is 124 cm³/mol. The molecular formula is C23H26ClFN6O2. The third-order valence-corrected chi connectivity index (χ3v) is 6.19. The molecule has 2 amide bonds. The Hall–Kier alpha value is -3.07. The summed E-state index contributed by atoms with van der Waals surface area (Å²) in [7, 11) is 0. The summed E-state index contributed by atoms with van der Waals surface area (Å²) >= 11 is 6.39. The second-order valence-corrected chi connectivity index (χ2v) is 9.16. The van der Waals surface area contributed by atoms with E-state index >= 15 is 0 Å². The Balaban J connectivity index is 1.59. The van der Waals surface area contributed by atoms with Crippen LogP contribution in [0.25, 0.3) is 22.2 Å². The van der Waals surface area contributed by atoms with Crippen molar-refractivity contribution in [2.24, 2.45) is 5.92 Å². The SMILES string of the molecule is CC(=O)N[C@@H]1CCCC(C(=O)Nc2cc(-c3cc(F)c4nnn(C(C)C)c4c3)c(Cl)cn2)C1. The van der Waals surface area contributed by atoms with Gasteiger partial charge in [0.2, 0.25) is 11.8 Å². The molecule has 2 heterocycles. The summed E-state index contributed by atoms with van der Waals surface area (Å²) in [6.07, 6.45) is 4.49. The first kappa shape index (κ1) is 23.1. The number of fused-ring (bicyclic) bond motifs is 1. The van der Waals surface area contributed by atoms with Crippen LogP contribution in [0.5, 0.6) is 0 Å². The minimum atomic E-state index is -0.501. The molecule has 0 aliphatic heterocycles. The van der Waals surface area contributed by atoms with E-state index in [2.05, 4.69) is 25.9 Å². The second-order valence-electron chi connectivity index (χ2n) is 8.75. The molecule has 1 fully saturated rings. The lowest BCUT2D eigenvalue weighted by Gasteiger charge is -2.28. The number of benzene rings is 1. The average molecular weight is 473 g/mol. The quantitative estimate of drug-likeness (QED) is 0.569. The number of hydrogen-bond acceptors (Lipinski definition) is 5. The normalized spacial score (nSPS) is 18.5. The molecule has 1 aliphatic carbocycles. The highest BCUT2D eigenvalue weighted by molar-refractivity contribution is 6.33. The molecular weight excluding hydrogens is 447 g/mol. The van der Waals surface area contributed by atoms with Crippen LogP contribution in [0.3, 0.4) is 0 Å². The molecule has 8 nitrogen and oxygen atoms in total. The van der Waals surface area contributed by atoms with Crippen LogP contribution in [0, 0.1) is 11.7 Å². The zero-order valence-electron chi connectivity index (χ0n) is 18.7. The molecule has 10 heteroatoms. The van der Waals surface area contributed by atoms with E-state index in [1.165, 1.54) is 19.2 Å². The van der Waals surface area contributed by atoms with Crippen LogP contribution in [0.4, 0.5) is 10.2 Å². The molecule has 4 rings (SSSR count). The number of rotatable bonds is 5. The minimum Gasteiger partial charge on any atom is -0.354 e. The zero-order valence-corrected chi connectivity index (χ0v) is 19.5. The molecule has 0 radical (unpaired) electrons. The number of amides is 2. The molecule has 1 aromatic carbocycles. The van der Waals surface area contributed by atoms with Crippen molar-refractivity contribution in [3.05, 3.63) is 35.2 Å². The molecule has 3 aromatic rings. The number of nitrogens with zero attached hydrogens (tertiary/aromatic N) is 4. The molecule has 0 saturated heterocycles. The molecule has 2 aromatic heterocycles. The third-order valence-electron chi connectivity index (χ3n) is 5.89. The van der Waals surface area contributed by atoms with Gasteiger partial charge >= 0.3 is 0 Å². The van der Waals surface area contributed by atoms with E-state index in [0.717, 1.165) is 19.3 Å². The second kappa shape index (κ2) is 9.43. The zero-order chi connectivity index (χ0) is 23.7. The number of carbonyl (C=O) groups excluding carboxylic acids is 2. The molecule has 2 atom stereocenters. The molecule has 1 saturated carbocycles. The van der Waals surface area contributed by atoms with Crippen molar-refractivity contribution in [2.75, 3.05) is 5.32 Å². The molecule has 1 unspecified atom stereocenters. The summed E-state index contributed by atoms with van der Waals surface area (Å²) < 4.78 is 16.4. The number of aromatic nitrogens is 4. The molecule has 1 aliphatic rings. The summed E-state index contributed by atoms with van der Waals surface area (Å²) in [5, 5.41) is 14.1. The fourth-order valence-corrected chi connectivity index (χ4v) is 4.55. The van der Waals surface area contributed by atoms with Crippen LogP contribution < -0.4 is 10.6 Å². The Morgan fingerprint density at radius 3 is 2.76 bits per heavy atom. The standard InChI is InChI=1S/C23H26ClFN6O2/c1-12(2)31-20-9-15(8-19(25)22(20)29-30-31)17-10-21(26-11-18(17)24)28-23(33)14-5-4-6-16(7-14)27-13(3)32/h8-12,14,16H,4-7H2,1-3H3,(H,27,32)(H,26,28,33)/t14?,16-/m1/s1. The fourth-order valence-electron chi connectivity index (χ4n) is 4.34. The Morgan fingerprint density at radius 1 is 1.24 bits per heavy atom. The largest absolute Gasteiger partial charge is 0.354 e. The Bertz CT molecular complexity index is 1210. The summed E-state index contributed by atoms with van der Waals surface area (Å²) in [6.45, 7) is 5.36. The smallest absolute Gasteiger partial charge is 0.228 e. The van der Waals surface area contributed by atoms with Gasteiger partial charge in [0.1, 0.15) is 11.3 Å². The summed E-state index contributed by atoms with van der Waals surface area (Å²) in [5.74, 6) is -0.647. The van der Waals surface area contributed by atoms with E-state index in [4.69, 9.17) is 11.6 Å². The van der Waals surface area contributed by atoms with Crippen molar-refractivity contribution < 1.29 is 14.0 Å². The molecule has 0 spiro atoms. The van der Waals surface area contributed by atoms with Gasteiger partial charge in [-0.25, -0.2) is 14.1 Å². The van der Waals surface area contributed by atoms with Gasteiger partial charge in [-0.05, 0) is 56.9 Å². The van der Waals surface area contributed by atoms with Crippen LogP contribution in [0.15, 0.2) is 24.4 Å². The van der Waals surface area contributed by atoms with E-state index in [1.54, 1.807) is 16.8 Å². The van der Waals surface area contributed by atoms with E-state index in [1.807, 2.05) is 13.8 Å². The fraction of sp³-hybridized carbons (Fsp3) is 0.435. The number of carbonyl (C=O) groups is 2. The Labute approximate surface area is 195 Å². The third kappa shape index (κ3) is 4.98. The predicted octanol–water partition coefficient (Wildman–Crippen LogP) is 4.50. The van der Waals surface area contributed by atoms with Gasteiger partial charge in [0.15, 0.2) is 5.82 Å². The summed E-state index contributed by atoms with van der Waals surface area (Å²) in [6, 6.07) is 4.77. The van der Waals surface area contributed by atoms with Gasteiger partial charge in [-0.15, -0.1) is 5.10 Å². The molecule has 174 valence electrons. The van der Waals surface area contributed by atoms with Crippen LogP contribution in [-0.2, 0) is 9.59 Å². The lowest BCUT2D eigenvalue weighted by atomic mass is 9.85. The van der Waals surface area contributed by atoms with Crippen molar-refractivity contribution in [2.45, 2.75) is 58.5 Å². The number of nitrogens with one attached hydrogen (secondary N) is 2. The topological polar surface area (TPSA) is 102 Å². The van der Waals surface area contributed by atoms with Crippen LogP contribution >= 0.6 is 11.6 Å². The van der Waals surface area contributed by atoms with E-state index in [0.29, 0.717) is 33.9 Å². The average Bonchev–Trinajstić information content (AvgIpc) is 3.20. The van der Waals surface area contributed by atoms with E-state index in [9.17, 15) is 14.0 Å². The van der Waals surface area contributed by atoms with Crippen LogP contribution in [0.1, 0.15) is 52.5 Å². The Morgan fingerprint density at radius 2 is 2.03 bits per heavy atom. The van der Waals surface area contributed by atoms with Gasteiger partial charge in [0, 0.05) is 36.7 Å².